The van der Waals surface area contributed by atoms with E-state index in [0.717, 1.165) is 12.1 Å². The van der Waals surface area contributed by atoms with Crippen molar-refractivity contribution < 1.29 is 0 Å². The van der Waals surface area contributed by atoms with Crippen LogP contribution in [0.2, 0.25) is 0 Å². The molecule has 2 N–H and O–H groups in total. The molecular formula is C11H21N3. The number of hydrogen-bond acceptors (Lipinski definition) is 2. The van der Waals surface area contributed by atoms with Gasteiger partial charge in [-0.1, -0.05) is 20.8 Å². The van der Waals surface area contributed by atoms with Gasteiger partial charge in [-0.05, 0) is 18.4 Å². The predicted molar refractivity (Wildman–Crippen MR) is 59.4 cm³/mol. The van der Waals surface area contributed by atoms with Crippen molar-refractivity contribution in [3.05, 3.63) is 17.5 Å². The topological polar surface area (TPSA) is 43.8 Å². The highest BCUT2D eigenvalue weighted by atomic mass is 15.3. The fourth-order valence-electron chi connectivity index (χ4n) is 1.67. The Morgan fingerprint density at radius 1 is 1.50 bits per heavy atom. The van der Waals surface area contributed by atoms with Gasteiger partial charge in [0.05, 0.1) is 5.69 Å². The van der Waals surface area contributed by atoms with Crippen LogP contribution in [0.5, 0.6) is 0 Å². The normalized spacial score (nSPS) is 13.6. The van der Waals surface area contributed by atoms with Crippen LogP contribution in [0.25, 0.3) is 0 Å². The summed E-state index contributed by atoms with van der Waals surface area (Å²) >= 11 is 0. The molecule has 0 aliphatic carbocycles. The van der Waals surface area contributed by atoms with E-state index in [9.17, 15) is 0 Å². The molecule has 1 aromatic rings. The van der Waals surface area contributed by atoms with E-state index in [-0.39, 0.29) is 0 Å². The third kappa shape index (κ3) is 2.15. The highest BCUT2D eigenvalue weighted by molar-refractivity contribution is 5.17. The van der Waals surface area contributed by atoms with Crippen LogP contribution in [-0.2, 0) is 7.05 Å². The maximum absolute atomic E-state index is 5.73. The van der Waals surface area contributed by atoms with Gasteiger partial charge in [-0.25, -0.2) is 0 Å². The Hall–Kier alpha value is -0.830. The SMILES string of the molecule is CCC(CN)c1cc(C(C)C)nn1C. The van der Waals surface area contributed by atoms with Crippen LogP contribution < -0.4 is 5.73 Å². The van der Waals surface area contributed by atoms with Gasteiger partial charge in [0, 0.05) is 25.2 Å². The van der Waals surface area contributed by atoms with Crippen molar-refractivity contribution in [1.82, 2.24) is 9.78 Å². The zero-order chi connectivity index (χ0) is 10.7. The molecule has 0 aliphatic rings. The Morgan fingerprint density at radius 2 is 2.14 bits per heavy atom. The molecule has 1 aromatic heterocycles. The van der Waals surface area contributed by atoms with E-state index in [2.05, 4.69) is 31.9 Å². The summed E-state index contributed by atoms with van der Waals surface area (Å²) < 4.78 is 1.97. The fourth-order valence-corrected chi connectivity index (χ4v) is 1.67. The minimum atomic E-state index is 0.444. The lowest BCUT2D eigenvalue weighted by Gasteiger charge is -2.11. The molecule has 80 valence electrons. The molecule has 1 rings (SSSR count). The number of aromatic nitrogens is 2. The molecule has 1 atom stereocenters. The number of nitrogens with zero attached hydrogens (tertiary/aromatic N) is 2. The Labute approximate surface area is 86.3 Å². The summed E-state index contributed by atoms with van der Waals surface area (Å²) in [5.41, 5.74) is 8.15. The van der Waals surface area contributed by atoms with E-state index in [4.69, 9.17) is 5.73 Å². The third-order valence-electron chi connectivity index (χ3n) is 2.72. The molecule has 0 aromatic carbocycles. The zero-order valence-corrected chi connectivity index (χ0v) is 9.62. The number of aryl methyl sites for hydroxylation is 1. The highest BCUT2D eigenvalue weighted by Crippen LogP contribution is 2.21. The van der Waals surface area contributed by atoms with Gasteiger partial charge in [-0.2, -0.15) is 5.10 Å². The van der Waals surface area contributed by atoms with Gasteiger partial charge in [-0.3, -0.25) is 4.68 Å². The first-order chi connectivity index (χ1) is 6.60. The molecule has 0 aliphatic heterocycles. The summed E-state index contributed by atoms with van der Waals surface area (Å²) in [6.45, 7) is 7.19. The van der Waals surface area contributed by atoms with Crippen LogP contribution in [0.15, 0.2) is 6.07 Å². The first-order valence-electron chi connectivity index (χ1n) is 5.34. The van der Waals surface area contributed by atoms with Crippen molar-refractivity contribution in [3.8, 4) is 0 Å². The summed E-state index contributed by atoms with van der Waals surface area (Å²) in [6, 6.07) is 2.19. The maximum Gasteiger partial charge on any atom is 0.0652 e. The van der Waals surface area contributed by atoms with Crippen LogP contribution in [-0.4, -0.2) is 16.3 Å². The van der Waals surface area contributed by atoms with Crippen LogP contribution in [0, 0.1) is 0 Å². The van der Waals surface area contributed by atoms with Crippen molar-refractivity contribution in [2.45, 2.75) is 39.0 Å². The van der Waals surface area contributed by atoms with Crippen molar-refractivity contribution >= 4 is 0 Å². The molecule has 0 spiro atoms. The Morgan fingerprint density at radius 3 is 2.50 bits per heavy atom. The smallest absolute Gasteiger partial charge is 0.0652 e. The average molecular weight is 195 g/mol. The summed E-state index contributed by atoms with van der Waals surface area (Å²) in [7, 11) is 2.00. The Balaban J connectivity index is 2.96. The van der Waals surface area contributed by atoms with Gasteiger partial charge >= 0.3 is 0 Å². The number of nitrogens with two attached hydrogens (primary N) is 1. The Bertz CT molecular complexity index is 285. The highest BCUT2D eigenvalue weighted by Gasteiger charge is 2.14. The molecule has 0 fully saturated rings. The molecule has 0 bridgehead atoms. The molecule has 0 saturated heterocycles. The van der Waals surface area contributed by atoms with Crippen molar-refractivity contribution in [2.24, 2.45) is 12.8 Å². The predicted octanol–water partition coefficient (Wildman–Crippen LogP) is 2.00. The van der Waals surface area contributed by atoms with Crippen LogP contribution >= 0.6 is 0 Å². The molecule has 0 amide bonds. The standard InChI is InChI=1S/C11H21N3/c1-5-9(7-12)11-6-10(8(2)3)13-14(11)4/h6,8-9H,5,7,12H2,1-4H3. The average Bonchev–Trinajstić information content (AvgIpc) is 2.51. The van der Waals surface area contributed by atoms with Crippen LogP contribution in [0.3, 0.4) is 0 Å². The van der Waals surface area contributed by atoms with Crippen molar-refractivity contribution in [2.75, 3.05) is 6.54 Å². The minimum absolute atomic E-state index is 0.444. The molecule has 3 nitrogen and oxygen atoms in total. The largest absolute Gasteiger partial charge is 0.330 e. The van der Waals surface area contributed by atoms with E-state index >= 15 is 0 Å². The minimum Gasteiger partial charge on any atom is -0.330 e. The van der Waals surface area contributed by atoms with Crippen molar-refractivity contribution in [3.63, 3.8) is 0 Å². The first kappa shape index (κ1) is 11.2. The fraction of sp³-hybridized carbons (Fsp3) is 0.727. The van der Waals surface area contributed by atoms with Gasteiger partial charge in [0.1, 0.15) is 0 Å². The van der Waals surface area contributed by atoms with Gasteiger partial charge in [-0.15, -0.1) is 0 Å². The van der Waals surface area contributed by atoms with Gasteiger partial charge < -0.3 is 5.73 Å². The molecular weight excluding hydrogens is 174 g/mol. The van der Waals surface area contributed by atoms with E-state index < -0.39 is 0 Å². The van der Waals surface area contributed by atoms with Gasteiger partial charge in [0.25, 0.3) is 0 Å². The lowest BCUT2D eigenvalue weighted by atomic mass is 10.0. The molecule has 0 radical (unpaired) electrons. The van der Waals surface area contributed by atoms with Crippen LogP contribution in [0.4, 0.5) is 0 Å². The second-order valence-corrected chi connectivity index (χ2v) is 4.11. The van der Waals surface area contributed by atoms with Crippen molar-refractivity contribution in [1.29, 1.82) is 0 Å². The third-order valence-corrected chi connectivity index (χ3v) is 2.72. The van der Waals surface area contributed by atoms with Gasteiger partial charge in [0.2, 0.25) is 0 Å². The maximum atomic E-state index is 5.73. The Kier molecular flexibility index (Phi) is 3.69. The summed E-state index contributed by atoms with van der Waals surface area (Å²) in [4.78, 5) is 0. The van der Waals surface area contributed by atoms with E-state index in [0.29, 0.717) is 18.4 Å². The zero-order valence-electron chi connectivity index (χ0n) is 9.62. The summed E-state index contributed by atoms with van der Waals surface area (Å²) in [5, 5.41) is 4.49. The lowest BCUT2D eigenvalue weighted by molar-refractivity contribution is 0.590. The molecule has 14 heavy (non-hydrogen) atoms. The molecule has 1 heterocycles. The van der Waals surface area contributed by atoms with Crippen LogP contribution in [0.1, 0.15) is 50.4 Å². The molecule has 3 heteroatoms. The van der Waals surface area contributed by atoms with E-state index in [1.807, 2.05) is 11.7 Å². The number of rotatable bonds is 4. The number of hydrogen-bond donors (Lipinski definition) is 1. The van der Waals surface area contributed by atoms with Gasteiger partial charge in [0.15, 0.2) is 0 Å². The van der Waals surface area contributed by atoms with E-state index in [1.54, 1.807) is 0 Å². The summed E-state index contributed by atoms with van der Waals surface area (Å²) in [6.07, 6.45) is 1.08. The monoisotopic (exact) mass is 195 g/mol. The molecule has 1 unspecified atom stereocenters. The first-order valence-corrected chi connectivity index (χ1v) is 5.34. The second kappa shape index (κ2) is 4.60. The second-order valence-electron chi connectivity index (χ2n) is 4.11. The summed E-state index contributed by atoms with van der Waals surface area (Å²) in [5.74, 6) is 0.935. The molecule has 0 saturated carbocycles. The van der Waals surface area contributed by atoms with E-state index in [1.165, 1.54) is 5.69 Å². The quantitative estimate of drug-likeness (QED) is 0.798. The lowest BCUT2D eigenvalue weighted by Crippen LogP contribution is -2.14.